The molecule has 6 nitrogen and oxygen atoms in total. The van der Waals surface area contributed by atoms with Crippen LogP contribution in [0.2, 0.25) is 5.02 Å². The predicted molar refractivity (Wildman–Crippen MR) is 117 cm³/mol. The molecule has 2 rings (SSSR count). The molecule has 144 valence electrons. The SMILES string of the molecule is COc1cc(OC)c(NC(=O)c2c(Br)c(Br)c(Br)c(Br)c2C(=O)O)cc1Cl. The van der Waals surface area contributed by atoms with Gasteiger partial charge in [-0.15, -0.1) is 0 Å². The van der Waals surface area contributed by atoms with Crippen molar-refractivity contribution in [2.75, 3.05) is 19.5 Å². The van der Waals surface area contributed by atoms with Crippen LogP contribution in [0.4, 0.5) is 5.69 Å². The number of carboxylic acid groups (broad SMARTS) is 1. The molecule has 0 saturated heterocycles. The van der Waals surface area contributed by atoms with Crippen LogP contribution in [-0.4, -0.2) is 31.2 Å². The van der Waals surface area contributed by atoms with E-state index in [0.29, 0.717) is 20.4 Å². The van der Waals surface area contributed by atoms with E-state index < -0.39 is 11.9 Å². The summed E-state index contributed by atoms with van der Waals surface area (Å²) >= 11 is 19.2. The molecule has 0 saturated carbocycles. The summed E-state index contributed by atoms with van der Waals surface area (Å²) in [6.45, 7) is 0. The third kappa shape index (κ3) is 4.45. The van der Waals surface area contributed by atoms with E-state index in [1.165, 1.54) is 26.4 Å². The highest BCUT2D eigenvalue weighted by Crippen LogP contribution is 2.43. The third-order valence-corrected chi connectivity index (χ3v) is 8.49. The van der Waals surface area contributed by atoms with Gasteiger partial charge in [-0.1, -0.05) is 11.6 Å². The van der Waals surface area contributed by atoms with Gasteiger partial charge in [0.2, 0.25) is 0 Å². The van der Waals surface area contributed by atoms with Crippen LogP contribution >= 0.6 is 75.3 Å². The Morgan fingerprint density at radius 3 is 1.93 bits per heavy atom. The number of halogens is 5. The van der Waals surface area contributed by atoms with Gasteiger partial charge in [0, 0.05) is 24.0 Å². The van der Waals surface area contributed by atoms with Gasteiger partial charge >= 0.3 is 5.97 Å². The van der Waals surface area contributed by atoms with Crippen molar-refractivity contribution >= 4 is 92.9 Å². The van der Waals surface area contributed by atoms with E-state index in [1.54, 1.807) is 0 Å². The molecular formula is C16H10Br4ClNO5. The summed E-state index contributed by atoms with van der Waals surface area (Å²) in [7, 11) is 2.87. The highest BCUT2D eigenvalue weighted by atomic mass is 79.9. The third-order valence-electron chi connectivity index (χ3n) is 3.43. The molecule has 27 heavy (non-hydrogen) atoms. The van der Waals surface area contributed by atoms with Crippen molar-refractivity contribution in [3.8, 4) is 11.5 Å². The maximum atomic E-state index is 12.9. The van der Waals surface area contributed by atoms with Crippen molar-refractivity contribution in [3.63, 3.8) is 0 Å². The van der Waals surface area contributed by atoms with Gasteiger partial charge in [-0.05, 0) is 69.8 Å². The molecule has 0 spiro atoms. The minimum atomic E-state index is -1.28. The van der Waals surface area contributed by atoms with Crippen LogP contribution in [0.1, 0.15) is 20.7 Å². The molecule has 2 aromatic rings. The highest BCUT2D eigenvalue weighted by molar-refractivity contribution is 9.15. The second-order valence-electron chi connectivity index (χ2n) is 4.95. The molecule has 0 aromatic heterocycles. The molecule has 0 radical (unpaired) electrons. The van der Waals surface area contributed by atoms with Crippen LogP contribution in [0.5, 0.6) is 11.5 Å². The number of hydrogen-bond acceptors (Lipinski definition) is 4. The van der Waals surface area contributed by atoms with E-state index in [0.717, 1.165) is 0 Å². The molecule has 0 unspecified atom stereocenters. The average Bonchev–Trinajstić information content (AvgIpc) is 2.62. The number of nitrogens with one attached hydrogen (secondary N) is 1. The van der Waals surface area contributed by atoms with Gasteiger partial charge in [0.25, 0.3) is 5.91 Å². The topological polar surface area (TPSA) is 84.9 Å². The first-order valence-electron chi connectivity index (χ1n) is 6.96. The van der Waals surface area contributed by atoms with Crippen LogP contribution in [0.15, 0.2) is 30.0 Å². The Kier molecular flexibility index (Phi) is 7.60. The Labute approximate surface area is 193 Å². The first-order valence-corrected chi connectivity index (χ1v) is 10.5. The molecule has 0 aliphatic carbocycles. The predicted octanol–water partition coefficient (Wildman–Crippen LogP) is 6.36. The minimum absolute atomic E-state index is 0.0848. The molecule has 0 atom stereocenters. The Morgan fingerprint density at radius 2 is 1.44 bits per heavy atom. The molecule has 1 amide bonds. The van der Waals surface area contributed by atoms with Crippen LogP contribution in [0, 0.1) is 0 Å². The normalized spacial score (nSPS) is 10.5. The number of hydrogen-bond donors (Lipinski definition) is 2. The van der Waals surface area contributed by atoms with Gasteiger partial charge in [-0.2, -0.15) is 0 Å². The van der Waals surface area contributed by atoms with Gasteiger partial charge in [0.05, 0.1) is 36.1 Å². The Hall–Kier alpha value is -0.810. The maximum Gasteiger partial charge on any atom is 0.337 e. The molecule has 0 fully saturated rings. The zero-order valence-electron chi connectivity index (χ0n) is 13.6. The van der Waals surface area contributed by atoms with Gasteiger partial charge in [0.15, 0.2) is 0 Å². The molecular weight excluding hydrogens is 641 g/mol. The number of amides is 1. The number of anilines is 1. The number of methoxy groups -OCH3 is 2. The molecule has 0 heterocycles. The number of carbonyl (C=O) groups excluding carboxylic acids is 1. The summed E-state index contributed by atoms with van der Waals surface area (Å²) in [5, 5.41) is 12.5. The molecule has 2 N–H and O–H groups in total. The van der Waals surface area contributed by atoms with Crippen LogP contribution in [-0.2, 0) is 0 Å². The van der Waals surface area contributed by atoms with E-state index in [-0.39, 0.29) is 30.8 Å². The second kappa shape index (κ2) is 9.13. The highest BCUT2D eigenvalue weighted by Gasteiger charge is 2.28. The second-order valence-corrected chi connectivity index (χ2v) is 8.53. The van der Waals surface area contributed by atoms with Crippen LogP contribution in [0.25, 0.3) is 0 Å². The minimum Gasteiger partial charge on any atom is -0.495 e. The van der Waals surface area contributed by atoms with E-state index in [2.05, 4.69) is 69.0 Å². The fourth-order valence-corrected chi connectivity index (χ4v) is 4.90. The van der Waals surface area contributed by atoms with Gasteiger partial charge in [-0.3, -0.25) is 4.79 Å². The van der Waals surface area contributed by atoms with Crippen molar-refractivity contribution in [2.24, 2.45) is 0 Å². The van der Waals surface area contributed by atoms with Crippen molar-refractivity contribution in [1.29, 1.82) is 0 Å². The molecule has 2 aromatic carbocycles. The first-order chi connectivity index (χ1) is 12.6. The smallest absolute Gasteiger partial charge is 0.337 e. The lowest BCUT2D eigenvalue weighted by molar-refractivity contribution is 0.0691. The summed E-state index contributed by atoms with van der Waals surface area (Å²) in [6, 6.07) is 2.97. The average molecular weight is 651 g/mol. The summed E-state index contributed by atoms with van der Waals surface area (Å²) < 4.78 is 11.8. The fourth-order valence-electron chi connectivity index (χ4n) is 2.19. The fraction of sp³-hybridized carbons (Fsp3) is 0.125. The van der Waals surface area contributed by atoms with Gasteiger partial charge in [0.1, 0.15) is 11.5 Å². The Bertz CT molecular complexity index is 951. The lowest BCUT2D eigenvalue weighted by atomic mass is 10.1. The van der Waals surface area contributed by atoms with E-state index in [4.69, 9.17) is 21.1 Å². The number of benzene rings is 2. The summed E-state index contributed by atoms with van der Waals surface area (Å²) in [4.78, 5) is 24.7. The zero-order valence-corrected chi connectivity index (χ0v) is 20.7. The quantitative estimate of drug-likeness (QED) is 0.291. The van der Waals surface area contributed by atoms with Gasteiger partial charge in [-0.25, -0.2) is 4.79 Å². The standard InChI is InChI=1S/C16H10Br4ClNO5/c1-26-7-4-8(27-2)6(3-5(7)21)22-15(23)9-10(16(24)25)12(18)14(20)13(19)11(9)17/h3-4H,1-2H3,(H,22,23)(H,24,25). The molecule has 0 aliphatic rings. The van der Waals surface area contributed by atoms with E-state index in [9.17, 15) is 14.7 Å². The summed E-state index contributed by atoms with van der Waals surface area (Å²) in [5.41, 5.74) is -0.0434. The number of carbonyl (C=O) groups is 2. The Balaban J connectivity index is 2.61. The maximum absolute atomic E-state index is 12.9. The molecule has 0 bridgehead atoms. The lowest BCUT2D eigenvalue weighted by Crippen LogP contribution is -2.19. The monoisotopic (exact) mass is 647 g/mol. The van der Waals surface area contributed by atoms with Crippen molar-refractivity contribution in [2.45, 2.75) is 0 Å². The number of ether oxygens (including phenoxy) is 2. The largest absolute Gasteiger partial charge is 0.495 e. The lowest BCUT2D eigenvalue weighted by Gasteiger charge is -2.16. The van der Waals surface area contributed by atoms with Crippen molar-refractivity contribution in [3.05, 3.63) is 46.2 Å². The first kappa shape index (κ1) is 22.5. The molecule has 11 heteroatoms. The van der Waals surface area contributed by atoms with Gasteiger partial charge < -0.3 is 19.9 Å². The zero-order chi connectivity index (χ0) is 20.5. The summed E-state index contributed by atoms with van der Waals surface area (Å²) in [5.74, 6) is -1.28. The molecule has 0 aliphatic heterocycles. The number of aromatic carboxylic acids is 1. The van der Waals surface area contributed by atoms with E-state index in [1.807, 2.05) is 0 Å². The number of carboxylic acids is 1. The van der Waals surface area contributed by atoms with Crippen LogP contribution in [0.3, 0.4) is 0 Å². The van der Waals surface area contributed by atoms with Crippen molar-refractivity contribution < 1.29 is 24.2 Å². The van der Waals surface area contributed by atoms with Crippen molar-refractivity contribution in [1.82, 2.24) is 0 Å². The summed E-state index contributed by atoms with van der Waals surface area (Å²) in [6.07, 6.45) is 0. The van der Waals surface area contributed by atoms with E-state index >= 15 is 0 Å². The van der Waals surface area contributed by atoms with Crippen LogP contribution < -0.4 is 14.8 Å². The Morgan fingerprint density at radius 1 is 0.926 bits per heavy atom. The number of rotatable bonds is 5.